The quantitative estimate of drug-likeness (QED) is 0.793. The maximum Gasteiger partial charge on any atom is 0.233 e. The Kier molecular flexibility index (Phi) is 5.71. The van der Waals surface area contributed by atoms with Crippen LogP contribution in [0.3, 0.4) is 0 Å². The maximum absolute atomic E-state index is 12.5. The van der Waals surface area contributed by atoms with Gasteiger partial charge in [-0.05, 0) is 38.6 Å². The van der Waals surface area contributed by atoms with E-state index in [1.165, 1.54) is 4.90 Å². The molecule has 3 amide bonds. The number of hydrogen-bond donors (Lipinski definition) is 1. The van der Waals surface area contributed by atoms with E-state index in [1.807, 2.05) is 43.3 Å². The van der Waals surface area contributed by atoms with Crippen LogP contribution in [0.25, 0.3) is 0 Å². The first kappa shape index (κ1) is 18.6. The molecular formula is C20H27N3O3. The predicted octanol–water partition coefficient (Wildman–Crippen LogP) is 2.25. The largest absolute Gasteiger partial charge is 0.326 e. The zero-order chi connectivity index (χ0) is 18.7. The number of hydrogen-bond acceptors (Lipinski definition) is 4. The number of amides is 3. The van der Waals surface area contributed by atoms with Crippen LogP contribution in [0.1, 0.15) is 37.7 Å². The molecule has 1 saturated carbocycles. The van der Waals surface area contributed by atoms with Crippen molar-refractivity contribution in [1.82, 2.24) is 9.80 Å². The number of nitrogens with zero attached hydrogens (tertiary/aromatic N) is 2. The fourth-order valence-electron chi connectivity index (χ4n) is 4.00. The summed E-state index contributed by atoms with van der Waals surface area (Å²) in [5, 5.41) is 2.92. The number of fused-ring (bicyclic) bond motifs is 1. The van der Waals surface area contributed by atoms with Crippen molar-refractivity contribution in [2.45, 2.75) is 38.6 Å². The molecule has 0 aromatic heterocycles. The molecular weight excluding hydrogens is 330 g/mol. The van der Waals surface area contributed by atoms with Crippen molar-refractivity contribution in [3.8, 4) is 0 Å². The van der Waals surface area contributed by atoms with E-state index >= 15 is 0 Å². The Morgan fingerprint density at radius 1 is 1.12 bits per heavy atom. The normalized spacial score (nSPS) is 22.7. The summed E-state index contributed by atoms with van der Waals surface area (Å²) in [6.45, 7) is 0.898. The van der Waals surface area contributed by atoms with Crippen LogP contribution in [-0.4, -0.2) is 48.2 Å². The molecule has 1 aliphatic heterocycles. The molecule has 6 nitrogen and oxygen atoms in total. The minimum Gasteiger partial charge on any atom is -0.326 e. The molecule has 0 unspecified atom stereocenters. The number of anilines is 1. The third-order valence-corrected chi connectivity index (χ3v) is 5.27. The van der Waals surface area contributed by atoms with Gasteiger partial charge in [0, 0.05) is 25.2 Å². The van der Waals surface area contributed by atoms with E-state index in [4.69, 9.17) is 0 Å². The van der Waals surface area contributed by atoms with Gasteiger partial charge in [-0.2, -0.15) is 0 Å². The van der Waals surface area contributed by atoms with Crippen molar-refractivity contribution < 1.29 is 14.4 Å². The van der Waals surface area contributed by atoms with Crippen LogP contribution in [0.4, 0.5) is 5.69 Å². The molecule has 1 N–H and O–H groups in total. The Hall–Kier alpha value is -2.21. The fraction of sp³-hybridized carbons (Fsp3) is 0.550. The van der Waals surface area contributed by atoms with Crippen LogP contribution in [0, 0.1) is 11.8 Å². The highest BCUT2D eigenvalue weighted by molar-refractivity contribution is 6.05. The zero-order valence-corrected chi connectivity index (χ0v) is 15.5. The van der Waals surface area contributed by atoms with E-state index in [9.17, 15) is 14.4 Å². The summed E-state index contributed by atoms with van der Waals surface area (Å²) in [6, 6.07) is 7.68. The summed E-state index contributed by atoms with van der Waals surface area (Å²) in [5.74, 6) is -0.645. The predicted molar refractivity (Wildman–Crippen MR) is 99.2 cm³/mol. The number of imide groups is 1. The Balaban J connectivity index is 1.58. The minimum absolute atomic E-state index is 0.0829. The van der Waals surface area contributed by atoms with Crippen molar-refractivity contribution in [2.24, 2.45) is 11.8 Å². The molecule has 140 valence electrons. The molecule has 1 heterocycles. The molecule has 0 spiro atoms. The van der Waals surface area contributed by atoms with Crippen molar-refractivity contribution in [3.63, 3.8) is 0 Å². The lowest BCUT2D eigenvalue weighted by molar-refractivity contribution is -0.140. The summed E-state index contributed by atoms with van der Waals surface area (Å²) in [6.07, 6.45) is 3.76. The number of likely N-dealkylation sites (tertiary alicyclic amines) is 1. The van der Waals surface area contributed by atoms with Crippen LogP contribution in [0.5, 0.6) is 0 Å². The average molecular weight is 357 g/mol. The van der Waals surface area contributed by atoms with Crippen LogP contribution in [-0.2, 0) is 20.9 Å². The zero-order valence-electron chi connectivity index (χ0n) is 15.5. The fourth-order valence-corrected chi connectivity index (χ4v) is 4.00. The molecule has 2 atom stereocenters. The van der Waals surface area contributed by atoms with Gasteiger partial charge in [-0.25, -0.2) is 0 Å². The van der Waals surface area contributed by atoms with E-state index in [0.717, 1.165) is 43.5 Å². The second kappa shape index (κ2) is 7.99. The second-order valence-electron chi connectivity index (χ2n) is 7.52. The van der Waals surface area contributed by atoms with Crippen molar-refractivity contribution in [3.05, 3.63) is 29.8 Å². The first-order valence-electron chi connectivity index (χ1n) is 9.35. The molecule has 1 saturated heterocycles. The highest BCUT2D eigenvalue weighted by Crippen LogP contribution is 2.37. The number of para-hydroxylation sites is 1. The summed E-state index contributed by atoms with van der Waals surface area (Å²) in [5.41, 5.74) is 1.81. The minimum atomic E-state index is -0.174. The first-order valence-corrected chi connectivity index (χ1v) is 9.35. The van der Waals surface area contributed by atoms with Crippen LogP contribution in [0.15, 0.2) is 24.3 Å². The summed E-state index contributed by atoms with van der Waals surface area (Å²) >= 11 is 0. The molecule has 1 aliphatic carbocycles. The molecule has 2 aliphatic rings. The Morgan fingerprint density at radius 3 is 2.35 bits per heavy atom. The number of benzene rings is 1. The average Bonchev–Trinajstić information content (AvgIpc) is 2.86. The van der Waals surface area contributed by atoms with Crippen LogP contribution >= 0.6 is 0 Å². The van der Waals surface area contributed by atoms with Gasteiger partial charge in [0.1, 0.15) is 0 Å². The van der Waals surface area contributed by atoms with Gasteiger partial charge in [0.2, 0.25) is 17.7 Å². The van der Waals surface area contributed by atoms with Crippen molar-refractivity contribution in [2.75, 3.05) is 26.0 Å². The third kappa shape index (κ3) is 3.96. The second-order valence-corrected chi connectivity index (χ2v) is 7.52. The van der Waals surface area contributed by atoms with Gasteiger partial charge in [0.05, 0.1) is 11.8 Å². The summed E-state index contributed by atoms with van der Waals surface area (Å²) < 4.78 is 0. The lowest BCUT2D eigenvalue weighted by Crippen LogP contribution is -2.34. The van der Waals surface area contributed by atoms with E-state index < -0.39 is 0 Å². The molecule has 0 bridgehead atoms. The molecule has 1 aromatic carbocycles. The topological polar surface area (TPSA) is 69.7 Å². The standard InChI is InChI=1S/C20H27N3O3/c1-22(2)13-14-7-3-6-10-17(14)21-18(24)11-12-23-19(25)15-8-4-5-9-16(15)20(23)26/h3,6-7,10,15-16H,4-5,8-9,11-13H2,1-2H3,(H,21,24)/t15-,16+. The smallest absolute Gasteiger partial charge is 0.233 e. The highest BCUT2D eigenvalue weighted by atomic mass is 16.2. The molecule has 6 heteroatoms. The van der Waals surface area contributed by atoms with Gasteiger partial charge < -0.3 is 10.2 Å². The molecule has 1 aromatic rings. The van der Waals surface area contributed by atoms with E-state index in [0.29, 0.717) is 0 Å². The third-order valence-electron chi connectivity index (χ3n) is 5.27. The Morgan fingerprint density at radius 2 is 1.73 bits per heavy atom. The highest BCUT2D eigenvalue weighted by Gasteiger charge is 2.47. The number of rotatable bonds is 6. The number of nitrogens with one attached hydrogen (secondary N) is 1. The molecule has 3 rings (SSSR count). The molecule has 0 radical (unpaired) electrons. The molecule has 26 heavy (non-hydrogen) atoms. The monoisotopic (exact) mass is 357 g/mol. The maximum atomic E-state index is 12.5. The molecule has 2 fully saturated rings. The SMILES string of the molecule is CN(C)Cc1ccccc1NC(=O)CCN1C(=O)[C@H]2CCCC[C@H]2C1=O. The van der Waals surface area contributed by atoms with E-state index in [2.05, 4.69) is 5.32 Å². The van der Waals surface area contributed by atoms with Gasteiger partial charge >= 0.3 is 0 Å². The number of carbonyl (C=O) groups excluding carboxylic acids is 3. The lowest BCUT2D eigenvalue weighted by atomic mass is 9.81. The van der Waals surface area contributed by atoms with Crippen LogP contribution < -0.4 is 5.32 Å². The van der Waals surface area contributed by atoms with Gasteiger partial charge in [-0.3, -0.25) is 19.3 Å². The Bertz CT molecular complexity index is 677. The van der Waals surface area contributed by atoms with Crippen LogP contribution in [0.2, 0.25) is 0 Å². The van der Waals surface area contributed by atoms with Crippen molar-refractivity contribution >= 4 is 23.4 Å². The van der Waals surface area contributed by atoms with Gasteiger partial charge in [-0.15, -0.1) is 0 Å². The van der Waals surface area contributed by atoms with Gasteiger partial charge in [-0.1, -0.05) is 31.0 Å². The first-order chi connectivity index (χ1) is 12.5. The van der Waals surface area contributed by atoms with Gasteiger partial charge in [0.15, 0.2) is 0 Å². The lowest BCUT2D eigenvalue weighted by Gasteiger charge is -2.19. The van der Waals surface area contributed by atoms with Gasteiger partial charge in [0.25, 0.3) is 0 Å². The summed E-state index contributed by atoms with van der Waals surface area (Å²) in [4.78, 5) is 40.6. The Labute approximate surface area is 154 Å². The number of carbonyl (C=O) groups is 3. The van der Waals surface area contributed by atoms with E-state index in [1.54, 1.807) is 0 Å². The van der Waals surface area contributed by atoms with E-state index in [-0.39, 0.29) is 42.5 Å². The summed E-state index contributed by atoms with van der Waals surface area (Å²) in [7, 11) is 3.95. The van der Waals surface area contributed by atoms with Crippen molar-refractivity contribution in [1.29, 1.82) is 0 Å².